The smallest absolute Gasteiger partial charge is 0.129 e. The molecule has 0 N–H and O–H groups in total. The normalized spacial score (nSPS) is 14.7. The van der Waals surface area contributed by atoms with Crippen LogP contribution in [0.2, 0.25) is 0 Å². The highest BCUT2D eigenvalue weighted by Crippen LogP contribution is 2.32. The van der Waals surface area contributed by atoms with Crippen LogP contribution in [0.3, 0.4) is 0 Å². The Bertz CT molecular complexity index is 508. The SMILES string of the molecule is ClCc1cccc(N(Cc2ccsc2)C2CC2)n1. The number of rotatable bonds is 5. The highest BCUT2D eigenvalue weighted by molar-refractivity contribution is 7.07. The number of hydrogen-bond donors (Lipinski definition) is 0. The van der Waals surface area contributed by atoms with Gasteiger partial charge in [-0.2, -0.15) is 11.3 Å². The average molecular weight is 279 g/mol. The monoisotopic (exact) mass is 278 g/mol. The third kappa shape index (κ3) is 2.68. The number of aromatic nitrogens is 1. The summed E-state index contributed by atoms with van der Waals surface area (Å²) in [6.07, 6.45) is 2.55. The standard InChI is InChI=1S/C14H15ClN2S/c15-8-12-2-1-3-14(16-12)17(13-4-5-13)9-11-6-7-18-10-11/h1-3,6-7,10,13H,4-5,8-9H2. The molecule has 0 atom stereocenters. The van der Waals surface area contributed by atoms with E-state index >= 15 is 0 Å². The molecule has 1 fully saturated rings. The van der Waals surface area contributed by atoms with Crippen molar-refractivity contribution < 1.29 is 0 Å². The van der Waals surface area contributed by atoms with E-state index in [2.05, 4.69) is 32.8 Å². The summed E-state index contributed by atoms with van der Waals surface area (Å²) in [7, 11) is 0. The van der Waals surface area contributed by atoms with Crippen LogP contribution in [0.5, 0.6) is 0 Å². The molecule has 0 radical (unpaired) electrons. The summed E-state index contributed by atoms with van der Waals surface area (Å²) in [6, 6.07) is 8.95. The van der Waals surface area contributed by atoms with Crippen LogP contribution < -0.4 is 4.90 Å². The first-order chi connectivity index (χ1) is 8.86. The van der Waals surface area contributed by atoms with Gasteiger partial charge < -0.3 is 4.90 Å². The topological polar surface area (TPSA) is 16.1 Å². The lowest BCUT2D eigenvalue weighted by atomic mass is 10.3. The highest BCUT2D eigenvalue weighted by Gasteiger charge is 2.30. The third-order valence-electron chi connectivity index (χ3n) is 3.14. The Morgan fingerprint density at radius 2 is 2.22 bits per heavy atom. The van der Waals surface area contributed by atoms with Crippen LogP contribution in [0.15, 0.2) is 35.0 Å². The molecule has 3 rings (SSSR count). The van der Waals surface area contributed by atoms with Crippen LogP contribution in [-0.4, -0.2) is 11.0 Å². The van der Waals surface area contributed by atoms with Crippen molar-refractivity contribution in [2.24, 2.45) is 0 Å². The van der Waals surface area contributed by atoms with Gasteiger partial charge in [0.2, 0.25) is 0 Å². The number of thiophene rings is 1. The molecule has 0 amide bonds. The van der Waals surface area contributed by atoms with E-state index in [0.29, 0.717) is 11.9 Å². The number of alkyl halides is 1. The van der Waals surface area contributed by atoms with Gasteiger partial charge in [0.15, 0.2) is 0 Å². The van der Waals surface area contributed by atoms with Crippen LogP contribution in [0.25, 0.3) is 0 Å². The average Bonchev–Trinajstić information content (AvgIpc) is 3.13. The number of nitrogens with zero attached hydrogens (tertiary/aromatic N) is 2. The Morgan fingerprint density at radius 3 is 2.89 bits per heavy atom. The van der Waals surface area contributed by atoms with E-state index in [1.54, 1.807) is 11.3 Å². The quantitative estimate of drug-likeness (QED) is 0.767. The number of hydrogen-bond acceptors (Lipinski definition) is 3. The highest BCUT2D eigenvalue weighted by atomic mass is 35.5. The molecule has 94 valence electrons. The van der Waals surface area contributed by atoms with E-state index in [1.807, 2.05) is 12.1 Å². The van der Waals surface area contributed by atoms with Crippen molar-refractivity contribution in [1.82, 2.24) is 4.98 Å². The summed E-state index contributed by atoms with van der Waals surface area (Å²) < 4.78 is 0. The van der Waals surface area contributed by atoms with Crippen molar-refractivity contribution in [1.29, 1.82) is 0 Å². The molecule has 0 aliphatic heterocycles. The van der Waals surface area contributed by atoms with Gasteiger partial charge in [-0.05, 0) is 47.4 Å². The van der Waals surface area contributed by atoms with Crippen molar-refractivity contribution in [2.75, 3.05) is 4.90 Å². The summed E-state index contributed by atoms with van der Waals surface area (Å²) >= 11 is 7.61. The predicted molar refractivity (Wildman–Crippen MR) is 77.3 cm³/mol. The number of anilines is 1. The zero-order valence-electron chi connectivity index (χ0n) is 10.1. The number of halogens is 1. The molecule has 1 saturated carbocycles. The Hall–Kier alpha value is -1.06. The maximum absolute atomic E-state index is 5.86. The first-order valence-corrected chi connectivity index (χ1v) is 7.64. The molecule has 0 unspecified atom stereocenters. The maximum atomic E-state index is 5.86. The Morgan fingerprint density at radius 1 is 1.33 bits per heavy atom. The zero-order chi connectivity index (χ0) is 12.4. The molecular formula is C14H15ClN2S. The first kappa shape index (κ1) is 12.0. The maximum Gasteiger partial charge on any atom is 0.129 e. The van der Waals surface area contributed by atoms with E-state index in [0.717, 1.165) is 18.1 Å². The largest absolute Gasteiger partial charge is 0.349 e. The summed E-state index contributed by atoms with van der Waals surface area (Å²) in [6.45, 7) is 0.951. The van der Waals surface area contributed by atoms with Crippen LogP contribution in [0.1, 0.15) is 24.1 Å². The summed E-state index contributed by atoms with van der Waals surface area (Å²) in [5.74, 6) is 1.53. The minimum Gasteiger partial charge on any atom is -0.349 e. The zero-order valence-corrected chi connectivity index (χ0v) is 11.6. The molecule has 0 aromatic carbocycles. The molecule has 0 spiro atoms. The molecule has 4 heteroatoms. The summed E-state index contributed by atoms with van der Waals surface area (Å²) in [5.41, 5.74) is 2.31. The lowest BCUT2D eigenvalue weighted by molar-refractivity contribution is 0.777. The van der Waals surface area contributed by atoms with E-state index in [-0.39, 0.29) is 0 Å². The van der Waals surface area contributed by atoms with Crippen LogP contribution in [-0.2, 0) is 12.4 Å². The Kier molecular flexibility index (Phi) is 3.52. The van der Waals surface area contributed by atoms with E-state index < -0.39 is 0 Å². The van der Waals surface area contributed by atoms with Crippen molar-refractivity contribution in [3.63, 3.8) is 0 Å². The lowest BCUT2D eigenvalue weighted by Gasteiger charge is -2.23. The first-order valence-electron chi connectivity index (χ1n) is 6.16. The second-order valence-electron chi connectivity index (χ2n) is 4.61. The molecule has 1 aliphatic rings. The molecular weight excluding hydrogens is 264 g/mol. The van der Waals surface area contributed by atoms with Crippen LogP contribution >= 0.6 is 22.9 Å². The molecule has 2 aromatic rings. The second kappa shape index (κ2) is 5.29. The third-order valence-corrected chi connectivity index (χ3v) is 4.15. The minimum absolute atomic E-state index is 0.477. The molecule has 18 heavy (non-hydrogen) atoms. The van der Waals surface area contributed by atoms with Gasteiger partial charge in [0, 0.05) is 12.6 Å². The molecule has 2 heterocycles. The lowest BCUT2D eigenvalue weighted by Crippen LogP contribution is -2.25. The van der Waals surface area contributed by atoms with Crippen LogP contribution in [0.4, 0.5) is 5.82 Å². The fourth-order valence-corrected chi connectivity index (χ4v) is 2.87. The Labute approximate surface area is 116 Å². The van der Waals surface area contributed by atoms with Crippen molar-refractivity contribution >= 4 is 28.8 Å². The molecule has 2 nitrogen and oxygen atoms in total. The molecule has 1 aliphatic carbocycles. The van der Waals surface area contributed by atoms with Gasteiger partial charge in [-0.1, -0.05) is 6.07 Å². The second-order valence-corrected chi connectivity index (χ2v) is 5.66. The van der Waals surface area contributed by atoms with Crippen molar-refractivity contribution in [3.8, 4) is 0 Å². The van der Waals surface area contributed by atoms with Crippen molar-refractivity contribution in [3.05, 3.63) is 46.3 Å². The van der Waals surface area contributed by atoms with Gasteiger partial charge in [-0.25, -0.2) is 4.98 Å². The van der Waals surface area contributed by atoms with Gasteiger partial charge in [0.25, 0.3) is 0 Å². The van der Waals surface area contributed by atoms with Gasteiger partial charge in [-0.3, -0.25) is 0 Å². The molecule has 0 saturated heterocycles. The summed E-state index contributed by atoms with van der Waals surface area (Å²) in [5, 5.41) is 4.34. The van der Waals surface area contributed by atoms with E-state index in [4.69, 9.17) is 11.6 Å². The van der Waals surface area contributed by atoms with Gasteiger partial charge in [0.1, 0.15) is 5.82 Å². The van der Waals surface area contributed by atoms with E-state index in [9.17, 15) is 0 Å². The summed E-state index contributed by atoms with van der Waals surface area (Å²) in [4.78, 5) is 7.03. The fourth-order valence-electron chi connectivity index (χ4n) is 2.06. The van der Waals surface area contributed by atoms with Crippen molar-refractivity contribution in [2.45, 2.75) is 31.3 Å². The van der Waals surface area contributed by atoms with Gasteiger partial charge in [-0.15, -0.1) is 11.6 Å². The fraction of sp³-hybridized carbons (Fsp3) is 0.357. The molecule has 0 bridgehead atoms. The van der Waals surface area contributed by atoms with Gasteiger partial charge >= 0.3 is 0 Å². The minimum atomic E-state index is 0.477. The number of pyridine rings is 1. The molecule has 2 aromatic heterocycles. The Balaban J connectivity index is 1.84. The van der Waals surface area contributed by atoms with Crippen LogP contribution in [0, 0.1) is 0 Å². The van der Waals surface area contributed by atoms with E-state index in [1.165, 1.54) is 18.4 Å². The predicted octanol–water partition coefficient (Wildman–Crippen LogP) is 4.05. The van der Waals surface area contributed by atoms with Gasteiger partial charge in [0.05, 0.1) is 11.6 Å².